The molecule has 5 aromatic rings. The van der Waals surface area contributed by atoms with Crippen molar-refractivity contribution in [1.82, 2.24) is 20.6 Å². The van der Waals surface area contributed by atoms with Crippen LogP contribution < -0.4 is 20.7 Å². The molecular weight excluding hydrogens is 638 g/mol. The molecular formula is C38H37N5O7. The minimum Gasteiger partial charge on any atom is -0.469 e. The van der Waals surface area contributed by atoms with Crippen molar-refractivity contribution >= 4 is 17.7 Å². The molecule has 8 rings (SSSR count). The van der Waals surface area contributed by atoms with E-state index in [1.807, 2.05) is 93.6 Å². The minimum absolute atomic E-state index is 0.0574. The van der Waals surface area contributed by atoms with Crippen LogP contribution in [-0.4, -0.2) is 39.3 Å². The van der Waals surface area contributed by atoms with Gasteiger partial charge < -0.3 is 39.4 Å². The standard InChI is InChI=1S/C38H37N5O7/c1-4-28(44)27-19-47-34(39-27)31-32-38-23-12-8-9-13-25(23)40-36(38)49-29-15-14-22(16-24(29)38)17-26(33(45)42-30(20(2)3)35(43-31)50-32)41-37(46)48-18-21-10-6-5-7-11-21/h5-16,19-20,26,28,30,36,40,44H,4,17-18H2,1-3H3,(H,41,46)(H,42,45)/t26-,28?,30-,36?,38?/m0/s1. The average molecular weight is 676 g/mol. The third kappa shape index (κ3) is 5.18. The van der Waals surface area contributed by atoms with Gasteiger partial charge in [-0.2, -0.15) is 0 Å². The van der Waals surface area contributed by atoms with E-state index < -0.39 is 41.8 Å². The molecule has 0 saturated heterocycles. The summed E-state index contributed by atoms with van der Waals surface area (Å²) >= 11 is 0. The predicted molar refractivity (Wildman–Crippen MR) is 181 cm³/mol. The molecule has 0 saturated carbocycles. The summed E-state index contributed by atoms with van der Waals surface area (Å²) in [7, 11) is 0. The summed E-state index contributed by atoms with van der Waals surface area (Å²) in [5, 5.41) is 20.0. The molecule has 50 heavy (non-hydrogen) atoms. The van der Waals surface area contributed by atoms with E-state index in [-0.39, 0.29) is 30.7 Å². The van der Waals surface area contributed by atoms with Crippen molar-refractivity contribution in [2.24, 2.45) is 5.92 Å². The SMILES string of the molecule is CCC(O)c1coc(-c2nc3oc2C24c5ccccc5NC2Oc2ccc(cc24)C[C@H](NC(=O)OCc2ccccc2)C(=O)N[C@H]3C(C)C)n1. The highest BCUT2D eigenvalue weighted by Crippen LogP contribution is 2.59. The lowest BCUT2D eigenvalue weighted by Gasteiger charge is -2.28. The van der Waals surface area contributed by atoms with Crippen molar-refractivity contribution < 1.29 is 33.0 Å². The van der Waals surface area contributed by atoms with E-state index in [1.54, 1.807) is 0 Å². The maximum atomic E-state index is 14.1. The van der Waals surface area contributed by atoms with E-state index in [1.165, 1.54) is 6.26 Å². The number of hydrogen-bond acceptors (Lipinski definition) is 10. The third-order valence-corrected chi connectivity index (χ3v) is 9.69. The molecule has 0 radical (unpaired) electrons. The molecule has 1 spiro atoms. The van der Waals surface area contributed by atoms with Crippen molar-refractivity contribution in [3.05, 3.63) is 119 Å². The first-order chi connectivity index (χ1) is 24.3. The number of carbonyl (C=O) groups excluding carboxylic acids is 2. The number of benzene rings is 3. The molecule has 5 heterocycles. The fourth-order valence-electron chi connectivity index (χ4n) is 7.11. The molecule has 2 amide bonds. The highest BCUT2D eigenvalue weighted by atomic mass is 16.5. The van der Waals surface area contributed by atoms with Gasteiger partial charge in [0.2, 0.25) is 17.7 Å². The van der Waals surface area contributed by atoms with Gasteiger partial charge in [0.1, 0.15) is 41.8 Å². The number of amides is 2. The number of aliphatic hydroxyl groups is 1. The molecule has 4 bridgehead atoms. The number of oxazole rings is 2. The number of ether oxygens (including phenoxy) is 2. The average Bonchev–Trinajstić information content (AvgIpc) is 3.90. The molecule has 0 fully saturated rings. The van der Waals surface area contributed by atoms with Gasteiger partial charge in [-0.05, 0) is 41.2 Å². The summed E-state index contributed by atoms with van der Waals surface area (Å²) in [6.45, 7) is 5.81. The second-order valence-electron chi connectivity index (χ2n) is 13.3. The Morgan fingerprint density at radius 3 is 2.66 bits per heavy atom. The largest absolute Gasteiger partial charge is 0.469 e. The van der Waals surface area contributed by atoms with Crippen LogP contribution in [0.2, 0.25) is 0 Å². The third-order valence-electron chi connectivity index (χ3n) is 9.69. The maximum Gasteiger partial charge on any atom is 0.408 e. The van der Waals surface area contributed by atoms with Crippen molar-refractivity contribution in [1.29, 1.82) is 0 Å². The fraction of sp³-hybridized carbons (Fsp3) is 0.316. The van der Waals surface area contributed by atoms with Crippen molar-refractivity contribution in [3.8, 4) is 17.3 Å². The normalized spacial score (nSPS) is 22.3. The van der Waals surface area contributed by atoms with E-state index in [0.29, 0.717) is 29.3 Å². The molecule has 2 aromatic heterocycles. The van der Waals surface area contributed by atoms with Crippen LogP contribution in [0.15, 0.2) is 87.9 Å². The lowest BCUT2D eigenvalue weighted by molar-refractivity contribution is -0.124. The summed E-state index contributed by atoms with van der Waals surface area (Å²) in [6, 6.07) is 21.3. The Morgan fingerprint density at radius 1 is 1.06 bits per heavy atom. The number of hydrogen-bond donors (Lipinski definition) is 4. The van der Waals surface area contributed by atoms with Gasteiger partial charge in [0.05, 0.1) is 6.10 Å². The second-order valence-corrected chi connectivity index (χ2v) is 13.3. The topological polar surface area (TPSA) is 161 Å². The molecule has 3 aliphatic heterocycles. The lowest BCUT2D eigenvalue weighted by atomic mass is 9.72. The molecule has 5 atom stereocenters. The zero-order valence-electron chi connectivity index (χ0n) is 27.8. The minimum atomic E-state index is -1.04. The van der Waals surface area contributed by atoms with Crippen LogP contribution in [0.25, 0.3) is 11.6 Å². The van der Waals surface area contributed by atoms with Gasteiger partial charge in [0, 0.05) is 17.7 Å². The number of nitrogens with one attached hydrogen (secondary N) is 3. The Balaban J connectivity index is 1.28. The predicted octanol–water partition coefficient (Wildman–Crippen LogP) is 5.92. The molecule has 12 heteroatoms. The number of aliphatic hydroxyl groups excluding tert-OH is 1. The van der Waals surface area contributed by atoms with E-state index >= 15 is 0 Å². The van der Waals surface area contributed by atoms with Gasteiger partial charge in [-0.1, -0.05) is 81.4 Å². The summed E-state index contributed by atoms with van der Waals surface area (Å²) in [4.78, 5) is 36.8. The van der Waals surface area contributed by atoms with Gasteiger partial charge in [-0.25, -0.2) is 14.8 Å². The maximum absolute atomic E-state index is 14.1. The Labute approximate surface area is 288 Å². The molecule has 256 valence electrons. The molecule has 4 N–H and O–H groups in total. The van der Waals surface area contributed by atoms with E-state index in [0.717, 1.165) is 27.9 Å². The van der Waals surface area contributed by atoms with Crippen molar-refractivity contribution in [2.45, 2.75) is 70.1 Å². The smallest absolute Gasteiger partial charge is 0.408 e. The van der Waals surface area contributed by atoms with Crippen LogP contribution in [0, 0.1) is 5.92 Å². The van der Waals surface area contributed by atoms with Crippen LogP contribution in [-0.2, 0) is 28.0 Å². The van der Waals surface area contributed by atoms with Gasteiger partial charge in [0.25, 0.3) is 0 Å². The van der Waals surface area contributed by atoms with Crippen LogP contribution >= 0.6 is 0 Å². The first-order valence-corrected chi connectivity index (χ1v) is 16.8. The number of aromatic nitrogens is 2. The van der Waals surface area contributed by atoms with E-state index in [9.17, 15) is 14.7 Å². The highest BCUT2D eigenvalue weighted by molar-refractivity contribution is 5.86. The Bertz CT molecular complexity index is 2070. The number of para-hydroxylation sites is 1. The highest BCUT2D eigenvalue weighted by Gasteiger charge is 2.61. The quantitative estimate of drug-likeness (QED) is 0.163. The van der Waals surface area contributed by atoms with Gasteiger partial charge in [-0.3, -0.25) is 4.79 Å². The second kappa shape index (κ2) is 12.4. The van der Waals surface area contributed by atoms with Crippen molar-refractivity contribution in [2.75, 3.05) is 5.32 Å². The Hall–Kier alpha value is -5.62. The van der Waals surface area contributed by atoms with Crippen LogP contribution in [0.3, 0.4) is 0 Å². The number of anilines is 1. The van der Waals surface area contributed by atoms with E-state index in [4.69, 9.17) is 23.3 Å². The first kappa shape index (κ1) is 31.6. The van der Waals surface area contributed by atoms with Gasteiger partial charge >= 0.3 is 6.09 Å². The zero-order chi connectivity index (χ0) is 34.6. The first-order valence-electron chi connectivity index (χ1n) is 16.8. The summed E-state index contributed by atoms with van der Waals surface area (Å²) < 4.78 is 24.9. The summed E-state index contributed by atoms with van der Waals surface area (Å²) in [5.41, 5.74) is 3.86. The zero-order valence-corrected chi connectivity index (χ0v) is 27.8. The van der Waals surface area contributed by atoms with Crippen LogP contribution in [0.1, 0.15) is 78.9 Å². The van der Waals surface area contributed by atoms with Gasteiger partial charge in [0.15, 0.2) is 17.7 Å². The molecule has 3 unspecified atom stereocenters. The number of carbonyl (C=O) groups is 2. The summed E-state index contributed by atoms with van der Waals surface area (Å²) in [5.74, 6) is 0.873. The Kier molecular flexibility index (Phi) is 7.82. The number of rotatable bonds is 7. The molecule has 3 aliphatic rings. The van der Waals surface area contributed by atoms with Crippen molar-refractivity contribution in [3.63, 3.8) is 0 Å². The number of fused-ring (bicyclic) bond motifs is 4. The molecule has 0 aliphatic carbocycles. The lowest BCUT2D eigenvalue weighted by Crippen LogP contribution is -2.49. The number of nitrogens with zero attached hydrogens (tertiary/aromatic N) is 2. The van der Waals surface area contributed by atoms with E-state index in [2.05, 4.69) is 20.9 Å². The Morgan fingerprint density at radius 2 is 1.86 bits per heavy atom. The fourth-order valence-corrected chi connectivity index (χ4v) is 7.11. The number of alkyl carbamates (subject to hydrolysis) is 1. The van der Waals surface area contributed by atoms with Crippen LogP contribution in [0.5, 0.6) is 5.75 Å². The van der Waals surface area contributed by atoms with Gasteiger partial charge in [-0.15, -0.1) is 0 Å². The van der Waals surface area contributed by atoms with Crippen LogP contribution in [0.4, 0.5) is 10.5 Å². The summed E-state index contributed by atoms with van der Waals surface area (Å²) in [6.07, 6.45) is -0.0908. The molecule has 12 nitrogen and oxygen atoms in total. The monoisotopic (exact) mass is 675 g/mol. The molecule has 3 aromatic carbocycles.